The van der Waals surface area contributed by atoms with Crippen molar-refractivity contribution in [2.45, 2.75) is 33.4 Å². The van der Waals surface area contributed by atoms with Crippen molar-refractivity contribution in [1.29, 1.82) is 0 Å². The van der Waals surface area contributed by atoms with Crippen LogP contribution in [0.4, 0.5) is 13.2 Å². The highest BCUT2D eigenvalue weighted by Crippen LogP contribution is 2.34. The number of amides is 1. The second-order valence-corrected chi connectivity index (χ2v) is 7.37. The number of hydrogen-bond acceptors (Lipinski definition) is 2. The summed E-state index contributed by atoms with van der Waals surface area (Å²) in [6.45, 7) is 7.40. The van der Waals surface area contributed by atoms with E-state index in [-0.39, 0.29) is 23.2 Å². The second-order valence-electron chi connectivity index (χ2n) is 7.37. The zero-order chi connectivity index (χ0) is 15.1. The maximum atomic E-state index is 12.4. The minimum Gasteiger partial charge on any atom is -0.342 e. The van der Waals surface area contributed by atoms with Crippen LogP contribution in [0.1, 0.15) is 27.2 Å². The molecule has 20 heavy (non-hydrogen) atoms. The number of halogens is 3. The number of carbonyl (C=O) groups is 1. The highest BCUT2D eigenvalue weighted by molar-refractivity contribution is 5.77. The topological polar surface area (TPSA) is 23.6 Å². The number of alkyl halides is 3. The molecule has 3 nitrogen and oxygen atoms in total. The van der Waals surface area contributed by atoms with Gasteiger partial charge in [0.25, 0.3) is 0 Å². The van der Waals surface area contributed by atoms with Crippen molar-refractivity contribution in [3.63, 3.8) is 0 Å². The standard InChI is InChI=1S/C14H23F3N2O/c1-13(2,3)4-12(20)19-7-10-5-18(6-11(10)8-19)9-14(15,16)17/h10-11H,4-9H2,1-3H3. The van der Waals surface area contributed by atoms with Crippen LogP contribution in [0.3, 0.4) is 0 Å². The van der Waals surface area contributed by atoms with Gasteiger partial charge in [-0.25, -0.2) is 0 Å². The molecule has 6 heteroatoms. The quantitative estimate of drug-likeness (QED) is 0.780. The van der Waals surface area contributed by atoms with E-state index in [0.29, 0.717) is 32.6 Å². The molecule has 0 aromatic rings. The lowest BCUT2D eigenvalue weighted by Gasteiger charge is -2.25. The summed E-state index contributed by atoms with van der Waals surface area (Å²) in [4.78, 5) is 15.4. The van der Waals surface area contributed by atoms with E-state index in [0.717, 1.165) is 0 Å². The molecular weight excluding hydrogens is 269 g/mol. The van der Waals surface area contributed by atoms with Crippen LogP contribution in [-0.2, 0) is 4.79 Å². The first-order valence-corrected chi connectivity index (χ1v) is 7.10. The summed E-state index contributed by atoms with van der Waals surface area (Å²) in [6.07, 6.45) is -3.63. The average Bonchev–Trinajstić information content (AvgIpc) is 2.68. The third-order valence-corrected chi connectivity index (χ3v) is 4.00. The summed E-state index contributed by atoms with van der Waals surface area (Å²) >= 11 is 0. The summed E-state index contributed by atoms with van der Waals surface area (Å²) in [6, 6.07) is 0. The maximum Gasteiger partial charge on any atom is 0.401 e. The number of fused-ring (bicyclic) bond motifs is 1. The molecule has 2 aliphatic rings. The van der Waals surface area contributed by atoms with Crippen LogP contribution in [0.5, 0.6) is 0 Å². The first kappa shape index (κ1) is 15.6. The van der Waals surface area contributed by atoms with Crippen molar-refractivity contribution >= 4 is 5.91 Å². The maximum absolute atomic E-state index is 12.4. The molecule has 2 fully saturated rings. The van der Waals surface area contributed by atoms with E-state index in [1.165, 1.54) is 4.90 Å². The lowest BCUT2D eigenvalue weighted by molar-refractivity contribution is -0.145. The van der Waals surface area contributed by atoms with Gasteiger partial charge in [0.2, 0.25) is 5.91 Å². The molecule has 2 atom stereocenters. The van der Waals surface area contributed by atoms with Crippen LogP contribution in [0.15, 0.2) is 0 Å². The van der Waals surface area contributed by atoms with Crippen LogP contribution >= 0.6 is 0 Å². The van der Waals surface area contributed by atoms with Crippen molar-refractivity contribution in [3.05, 3.63) is 0 Å². The van der Waals surface area contributed by atoms with Crippen molar-refractivity contribution in [1.82, 2.24) is 9.80 Å². The Hall–Kier alpha value is -0.780. The summed E-state index contributed by atoms with van der Waals surface area (Å²) in [7, 11) is 0. The summed E-state index contributed by atoms with van der Waals surface area (Å²) < 4.78 is 37.1. The van der Waals surface area contributed by atoms with Crippen LogP contribution in [-0.4, -0.2) is 54.6 Å². The van der Waals surface area contributed by atoms with Crippen LogP contribution in [0.2, 0.25) is 0 Å². The molecule has 2 unspecified atom stereocenters. The fourth-order valence-corrected chi connectivity index (χ4v) is 3.24. The average molecular weight is 292 g/mol. The van der Waals surface area contributed by atoms with Crippen LogP contribution in [0, 0.1) is 17.3 Å². The largest absolute Gasteiger partial charge is 0.401 e. The highest BCUT2D eigenvalue weighted by atomic mass is 19.4. The zero-order valence-corrected chi connectivity index (χ0v) is 12.3. The molecule has 116 valence electrons. The van der Waals surface area contributed by atoms with Gasteiger partial charge >= 0.3 is 6.18 Å². The zero-order valence-electron chi connectivity index (χ0n) is 12.3. The molecule has 2 aliphatic heterocycles. The Morgan fingerprint density at radius 1 is 1.05 bits per heavy atom. The first-order chi connectivity index (χ1) is 9.03. The molecule has 2 saturated heterocycles. The van der Waals surface area contributed by atoms with Gasteiger partial charge in [0, 0.05) is 32.6 Å². The van der Waals surface area contributed by atoms with Gasteiger partial charge in [0.1, 0.15) is 0 Å². The summed E-state index contributed by atoms with van der Waals surface area (Å²) in [5, 5.41) is 0. The number of hydrogen-bond donors (Lipinski definition) is 0. The summed E-state index contributed by atoms with van der Waals surface area (Å²) in [5.41, 5.74) is -0.0445. The van der Waals surface area contributed by atoms with Crippen molar-refractivity contribution in [3.8, 4) is 0 Å². The molecule has 2 rings (SSSR count). The minimum atomic E-state index is -4.12. The van der Waals surface area contributed by atoms with E-state index in [9.17, 15) is 18.0 Å². The van der Waals surface area contributed by atoms with E-state index >= 15 is 0 Å². The van der Waals surface area contributed by atoms with Gasteiger partial charge in [-0.15, -0.1) is 0 Å². The molecule has 0 aromatic heterocycles. The van der Waals surface area contributed by atoms with E-state index in [2.05, 4.69) is 0 Å². The monoisotopic (exact) mass is 292 g/mol. The molecule has 1 amide bonds. The van der Waals surface area contributed by atoms with Crippen LogP contribution < -0.4 is 0 Å². The minimum absolute atomic E-state index is 0.0445. The number of nitrogens with zero attached hydrogens (tertiary/aromatic N) is 2. The van der Waals surface area contributed by atoms with Gasteiger partial charge in [-0.1, -0.05) is 20.8 Å². The Bertz CT molecular complexity index is 362. The van der Waals surface area contributed by atoms with Gasteiger partial charge in [-0.2, -0.15) is 13.2 Å². The molecular formula is C14H23F3N2O. The Balaban J connectivity index is 1.84. The van der Waals surface area contributed by atoms with Gasteiger partial charge in [-0.05, 0) is 17.3 Å². The predicted octanol–water partition coefficient (Wildman–Crippen LogP) is 2.38. The molecule has 0 saturated carbocycles. The Morgan fingerprint density at radius 3 is 1.95 bits per heavy atom. The Labute approximate surface area is 118 Å². The molecule has 0 bridgehead atoms. The van der Waals surface area contributed by atoms with Gasteiger partial charge < -0.3 is 4.90 Å². The van der Waals surface area contributed by atoms with Gasteiger partial charge in [0.05, 0.1) is 6.54 Å². The first-order valence-electron chi connectivity index (χ1n) is 7.10. The van der Waals surface area contributed by atoms with E-state index in [4.69, 9.17) is 0 Å². The lowest BCUT2D eigenvalue weighted by atomic mass is 9.91. The second kappa shape index (κ2) is 5.20. The normalized spacial score (nSPS) is 28.0. The third kappa shape index (κ3) is 4.11. The van der Waals surface area contributed by atoms with E-state index in [1.54, 1.807) is 0 Å². The van der Waals surface area contributed by atoms with Gasteiger partial charge in [0.15, 0.2) is 0 Å². The molecule has 0 aromatic carbocycles. The highest BCUT2D eigenvalue weighted by Gasteiger charge is 2.44. The van der Waals surface area contributed by atoms with Crippen molar-refractivity contribution < 1.29 is 18.0 Å². The van der Waals surface area contributed by atoms with Crippen molar-refractivity contribution in [2.75, 3.05) is 32.7 Å². The van der Waals surface area contributed by atoms with Crippen molar-refractivity contribution in [2.24, 2.45) is 17.3 Å². The Morgan fingerprint density at radius 2 is 1.55 bits per heavy atom. The van der Waals surface area contributed by atoms with Gasteiger partial charge in [-0.3, -0.25) is 9.69 Å². The number of likely N-dealkylation sites (tertiary alicyclic amines) is 2. The van der Waals surface area contributed by atoms with E-state index < -0.39 is 12.7 Å². The van der Waals surface area contributed by atoms with E-state index in [1.807, 2.05) is 25.7 Å². The Kier molecular flexibility index (Phi) is 4.06. The molecule has 0 spiro atoms. The predicted molar refractivity (Wildman–Crippen MR) is 70.1 cm³/mol. The number of rotatable bonds is 2. The van der Waals surface area contributed by atoms with Crippen LogP contribution in [0.25, 0.3) is 0 Å². The fourth-order valence-electron chi connectivity index (χ4n) is 3.24. The third-order valence-electron chi connectivity index (χ3n) is 4.00. The molecule has 0 aliphatic carbocycles. The summed E-state index contributed by atoms with van der Waals surface area (Å²) in [5.74, 6) is 0.553. The SMILES string of the molecule is CC(C)(C)CC(=O)N1CC2CN(CC(F)(F)F)CC2C1. The number of carbonyl (C=O) groups excluding carboxylic acids is 1. The lowest BCUT2D eigenvalue weighted by Crippen LogP contribution is -2.37. The fraction of sp³-hybridized carbons (Fsp3) is 0.929. The smallest absolute Gasteiger partial charge is 0.342 e. The molecule has 2 heterocycles. The molecule has 0 N–H and O–H groups in total. The molecule has 0 radical (unpaired) electrons.